The number of sulfonamides is 1. The monoisotopic (exact) mass is 329 g/mol. The van der Waals surface area contributed by atoms with Gasteiger partial charge in [-0.2, -0.15) is 5.10 Å². The lowest BCUT2D eigenvalue weighted by molar-refractivity contribution is 0.601. The van der Waals surface area contributed by atoms with E-state index in [4.69, 9.17) is 11.6 Å². The molecule has 21 heavy (non-hydrogen) atoms. The smallest absolute Gasteiger partial charge is 0.263 e. The predicted molar refractivity (Wildman–Crippen MR) is 82.2 cm³/mol. The van der Waals surface area contributed by atoms with Gasteiger partial charge in [-0.25, -0.2) is 13.4 Å². The standard InChI is InChI=1S/C12H16ClN5O2S/c1-4-14-12-10(13)5-9(6-15-12)21(19,20)17-11-7-18(3)16-8(11)2/h5-7,17H,4H2,1-3H3,(H,14,15). The van der Waals surface area contributed by atoms with Gasteiger partial charge in [0.15, 0.2) is 0 Å². The highest BCUT2D eigenvalue weighted by molar-refractivity contribution is 7.92. The number of aryl methyl sites for hydroxylation is 2. The summed E-state index contributed by atoms with van der Waals surface area (Å²) >= 11 is 6.02. The van der Waals surface area contributed by atoms with Crippen LogP contribution in [0, 0.1) is 6.92 Å². The molecule has 9 heteroatoms. The van der Waals surface area contributed by atoms with Crippen molar-refractivity contribution in [3.63, 3.8) is 0 Å². The van der Waals surface area contributed by atoms with Crippen LogP contribution >= 0.6 is 11.6 Å². The van der Waals surface area contributed by atoms with Crippen molar-refractivity contribution in [2.45, 2.75) is 18.7 Å². The molecule has 2 heterocycles. The molecule has 0 aliphatic heterocycles. The fraction of sp³-hybridized carbons (Fsp3) is 0.333. The average Bonchev–Trinajstić information content (AvgIpc) is 2.69. The lowest BCUT2D eigenvalue weighted by atomic mass is 10.4. The third kappa shape index (κ3) is 3.45. The van der Waals surface area contributed by atoms with E-state index in [2.05, 4.69) is 20.1 Å². The minimum atomic E-state index is -3.75. The van der Waals surface area contributed by atoms with Crippen LogP contribution < -0.4 is 10.0 Å². The summed E-state index contributed by atoms with van der Waals surface area (Å²) in [5, 5.41) is 7.28. The van der Waals surface area contributed by atoms with Crippen molar-refractivity contribution in [2.75, 3.05) is 16.6 Å². The second kappa shape index (κ2) is 5.90. The Bertz CT molecular complexity index is 757. The van der Waals surface area contributed by atoms with E-state index >= 15 is 0 Å². The van der Waals surface area contributed by atoms with Crippen molar-refractivity contribution in [2.24, 2.45) is 7.05 Å². The molecule has 0 aliphatic carbocycles. The molecule has 0 aliphatic rings. The van der Waals surface area contributed by atoms with Crippen LogP contribution in [-0.4, -0.2) is 29.7 Å². The van der Waals surface area contributed by atoms with Crippen LogP contribution in [0.5, 0.6) is 0 Å². The molecule has 7 nitrogen and oxygen atoms in total. The van der Waals surface area contributed by atoms with Gasteiger partial charge in [-0.1, -0.05) is 11.6 Å². The van der Waals surface area contributed by atoms with Crippen molar-refractivity contribution < 1.29 is 8.42 Å². The van der Waals surface area contributed by atoms with Crippen LogP contribution in [0.25, 0.3) is 0 Å². The van der Waals surface area contributed by atoms with Gasteiger partial charge < -0.3 is 5.32 Å². The summed E-state index contributed by atoms with van der Waals surface area (Å²) in [6.45, 7) is 4.26. The highest BCUT2D eigenvalue weighted by Crippen LogP contribution is 2.24. The number of hydrogen-bond acceptors (Lipinski definition) is 5. The molecule has 2 aromatic heterocycles. The summed E-state index contributed by atoms with van der Waals surface area (Å²) in [7, 11) is -2.04. The molecule has 0 amide bonds. The first-order valence-corrected chi connectivity index (χ1v) is 8.12. The zero-order valence-corrected chi connectivity index (χ0v) is 13.5. The molecule has 0 spiro atoms. The molecule has 2 aromatic rings. The van der Waals surface area contributed by atoms with Crippen LogP contribution in [0.15, 0.2) is 23.4 Å². The van der Waals surface area contributed by atoms with Gasteiger partial charge in [0, 0.05) is 26.0 Å². The zero-order valence-electron chi connectivity index (χ0n) is 11.9. The van der Waals surface area contributed by atoms with E-state index in [0.29, 0.717) is 23.7 Å². The maximum atomic E-state index is 12.3. The molecule has 2 rings (SSSR count). The number of hydrogen-bond donors (Lipinski definition) is 2. The van der Waals surface area contributed by atoms with Crippen LogP contribution in [0.3, 0.4) is 0 Å². The van der Waals surface area contributed by atoms with Gasteiger partial charge in [-0.15, -0.1) is 0 Å². The van der Waals surface area contributed by atoms with E-state index in [1.165, 1.54) is 16.9 Å². The second-order valence-corrected chi connectivity index (χ2v) is 6.53. The molecule has 0 saturated heterocycles. The fourth-order valence-corrected chi connectivity index (χ4v) is 3.14. The van der Waals surface area contributed by atoms with Gasteiger partial charge in [0.05, 0.1) is 16.4 Å². The van der Waals surface area contributed by atoms with E-state index in [1.807, 2.05) is 6.92 Å². The Balaban J connectivity index is 2.31. The summed E-state index contributed by atoms with van der Waals surface area (Å²) in [5.74, 6) is 0.454. The first kappa shape index (κ1) is 15.6. The van der Waals surface area contributed by atoms with Crippen LogP contribution in [-0.2, 0) is 17.1 Å². The van der Waals surface area contributed by atoms with E-state index in [-0.39, 0.29) is 9.92 Å². The van der Waals surface area contributed by atoms with Gasteiger partial charge in [0.25, 0.3) is 10.0 Å². The van der Waals surface area contributed by atoms with Gasteiger partial charge in [-0.05, 0) is 19.9 Å². The van der Waals surface area contributed by atoms with E-state index in [1.54, 1.807) is 20.2 Å². The second-order valence-electron chi connectivity index (χ2n) is 4.44. The third-order valence-corrected chi connectivity index (χ3v) is 4.35. The molecule has 0 aromatic carbocycles. The SMILES string of the molecule is CCNc1ncc(S(=O)(=O)Nc2cn(C)nc2C)cc1Cl. The Morgan fingerprint density at radius 1 is 1.43 bits per heavy atom. The topological polar surface area (TPSA) is 88.9 Å². The molecule has 2 N–H and O–H groups in total. The molecule has 0 fully saturated rings. The third-order valence-electron chi connectivity index (χ3n) is 2.73. The van der Waals surface area contributed by atoms with E-state index in [0.717, 1.165) is 0 Å². The molecule has 0 bridgehead atoms. The number of halogens is 1. The van der Waals surface area contributed by atoms with Gasteiger partial charge in [-0.3, -0.25) is 9.40 Å². The van der Waals surface area contributed by atoms with Crippen molar-refractivity contribution in [1.29, 1.82) is 0 Å². The Morgan fingerprint density at radius 3 is 2.67 bits per heavy atom. The van der Waals surface area contributed by atoms with Crippen LogP contribution in [0.4, 0.5) is 11.5 Å². The molecule has 0 unspecified atom stereocenters. The van der Waals surface area contributed by atoms with E-state index < -0.39 is 10.0 Å². The Kier molecular flexibility index (Phi) is 4.38. The number of anilines is 2. The molecule has 0 radical (unpaired) electrons. The Hall–Kier alpha value is -1.80. The first-order valence-electron chi connectivity index (χ1n) is 6.26. The molecule has 0 saturated carbocycles. The van der Waals surface area contributed by atoms with Crippen LogP contribution in [0.2, 0.25) is 5.02 Å². The Labute approximate surface area is 128 Å². The van der Waals surface area contributed by atoms with Crippen molar-refractivity contribution >= 4 is 33.1 Å². The van der Waals surface area contributed by atoms with Crippen molar-refractivity contribution in [1.82, 2.24) is 14.8 Å². The average molecular weight is 330 g/mol. The minimum absolute atomic E-state index is 0.00240. The first-order chi connectivity index (χ1) is 9.83. The predicted octanol–water partition coefficient (Wildman–Crippen LogP) is 2.01. The Morgan fingerprint density at radius 2 is 2.14 bits per heavy atom. The molecule has 0 atom stereocenters. The van der Waals surface area contributed by atoms with Gasteiger partial charge in [0.1, 0.15) is 10.7 Å². The summed E-state index contributed by atoms with van der Waals surface area (Å²) in [5.41, 5.74) is 1.01. The maximum Gasteiger partial charge on any atom is 0.263 e. The summed E-state index contributed by atoms with van der Waals surface area (Å²) in [4.78, 5) is 4.02. The summed E-state index contributed by atoms with van der Waals surface area (Å²) in [6, 6.07) is 1.36. The number of nitrogens with zero attached hydrogens (tertiary/aromatic N) is 3. The van der Waals surface area contributed by atoms with Crippen molar-refractivity contribution in [3.05, 3.63) is 29.2 Å². The highest BCUT2D eigenvalue weighted by Gasteiger charge is 2.18. The summed E-state index contributed by atoms with van der Waals surface area (Å²) in [6.07, 6.45) is 2.85. The van der Waals surface area contributed by atoms with E-state index in [9.17, 15) is 8.42 Å². The molecular weight excluding hydrogens is 314 g/mol. The molecular formula is C12H16ClN5O2S. The zero-order chi connectivity index (χ0) is 15.6. The number of aromatic nitrogens is 3. The fourth-order valence-electron chi connectivity index (χ4n) is 1.77. The summed E-state index contributed by atoms with van der Waals surface area (Å²) < 4.78 is 28.6. The quantitative estimate of drug-likeness (QED) is 0.876. The molecule has 114 valence electrons. The largest absolute Gasteiger partial charge is 0.369 e. The number of rotatable bonds is 5. The highest BCUT2D eigenvalue weighted by atomic mass is 35.5. The minimum Gasteiger partial charge on any atom is -0.369 e. The lowest BCUT2D eigenvalue weighted by Gasteiger charge is -2.09. The normalized spacial score (nSPS) is 11.4. The van der Waals surface area contributed by atoms with Crippen molar-refractivity contribution in [3.8, 4) is 0 Å². The van der Waals surface area contributed by atoms with Gasteiger partial charge in [0.2, 0.25) is 0 Å². The lowest BCUT2D eigenvalue weighted by Crippen LogP contribution is -2.14. The maximum absolute atomic E-state index is 12.3. The van der Waals surface area contributed by atoms with Gasteiger partial charge >= 0.3 is 0 Å². The van der Waals surface area contributed by atoms with Crippen LogP contribution in [0.1, 0.15) is 12.6 Å². The number of pyridine rings is 1. The number of nitrogens with one attached hydrogen (secondary N) is 2.